The molecule has 19 heavy (non-hydrogen) atoms. The van der Waals surface area contributed by atoms with Crippen LogP contribution in [-0.4, -0.2) is 25.0 Å². The molecule has 1 saturated heterocycles. The number of carbonyl (C=O) groups is 2. The highest BCUT2D eigenvalue weighted by atomic mass is 79.9. The van der Waals surface area contributed by atoms with Crippen molar-refractivity contribution < 1.29 is 14.3 Å². The Morgan fingerprint density at radius 3 is 2.89 bits per heavy atom. The minimum absolute atomic E-state index is 0.0280. The summed E-state index contributed by atoms with van der Waals surface area (Å²) >= 11 is 3.43. The smallest absolute Gasteiger partial charge is 0.311 e. The summed E-state index contributed by atoms with van der Waals surface area (Å²) in [5, 5.41) is 0. The zero-order valence-electron chi connectivity index (χ0n) is 11.0. The van der Waals surface area contributed by atoms with Gasteiger partial charge in [0.25, 0.3) is 0 Å². The Kier molecular flexibility index (Phi) is 4.24. The van der Waals surface area contributed by atoms with Crippen LogP contribution in [0, 0.1) is 12.8 Å². The first-order valence-electron chi connectivity index (χ1n) is 6.26. The van der Waals surface area contributed by atoms with Gasteiger partial charge in [0.2, 0.25) is 5.91 Å². The van der Waals surface area contributed by atoms with Gasteiger partial charge in [-0.3, -0.25) is 9.59 Å². The van der Waals surface area contributed by atoms with Crippen molar-refractivity contribution in [3.05, 3.63) is 28.2 Å². The van der Waals surface area contributed by atoms with Crippen molar-refractivity contribution in [2.24, 2.45) is 5.92 Å². The minimum atomic E-state index is -0.351. The van der Waals surface area contributed by atoms with Gasteiger partial charge in [0.05, 0.1) is 12.5 Å². The first kappa shape index (κ1) is 14.1. The number of halogens is 1. The lowest BCUT2D eigenvalue weighted by Gasteiger charge is -2.17. The first-order valence-corrected chi connectivity index (χ1v) is 7.05. The van der Waals surface area contributed by atoms with E-state index in [1.165, 1.54) is 0 Å². The highest BCUT2D eigenvalue weighted by Gasteiger charge is 2.36. The molecule has 1 fully saturated rings. The van der Waals surface area contributed by atoms with Gasteiger partial charge >= 0.3 is 5.97 Å². The first-order chi connectivity index (χ1) is 9.02. The summed E-state index contributed by atoms with van der Waals surface area (Å²) in [5.74, 6) is -0.664. The molecule has 1 aromatic rings. The van der Waals surface area contributed by atoms with Crippen molar-refractivity contribution in [1.82, 2.24) is 0 Å². The molecular formula is C14H16BrNO3. The fraction of sp³-hybridized carbons (Fsp3) is 0.429. The molecule has 4 nitrogen and oxygen atoms in total. The van der Waals surface area contributed by atoms with E-state index in [0.29, 0.717) is 13.2 Å². The van der Waals surface area contributed by atoms with Crippen LogP contribution in [0.2, 0.25) is 0 Å². The summed E-state index contributed by atoms with van der Waals surface area (Å²) in [6, 6.07) is 5.73. The van der Waals surface area contributed by atoms with Gasteiger partial charge in [0, 0.05) is 23.1 Å². The molecule has 0 aliphatic carbocycles. The van der Waals surface area contributed by atoms with Crippen LogP contribution < -0.4 is 4.90 Å². The van der Waals surface area contributed by atoms with Crippen LogP contribution in [0.5, 0.6) is 0 Å². The molecule has 1 heterocycles. The second kappa shape index (κ2) is 5.74. The van der Waals surface area contributed by atoms with E-state index in [1.807, 2.05) is 25.1 Å². The van der Waals surface area contributed by atoms with E-state index in [1.54, 1.807) is 11.8 Å². The summed E-state index contributed by atoms with van der Waals surface area (Å²) in [6.07, 6.45) is 0.230. The number of carbonyl (C=O) groups excluding carboxylic acids is 2. The van der Waals surface area contributed by atoms with Crippen LogP contribution in [0.15, 0.2) is 22.7 Å². The molecule has 102 valence electrons. The van der Waals surface area contributed by atoms with E-state index < -0.39 is 0 Å². The van der Waals surface area contributed by atoms with E-state index >= 15 is 0 Å². The standard InChI is InChI=1S/C14H16BrNO3/c1-3-19-14(18)10-7-13(17)16(8-10)11-4-5-12(15)9(2)6-11/h4-6,10H,3,7-8H2,1-2H3. The summed E-state index contributed by atoms with van der Waals surface area (Å²) in [5.41, 5.74) is 1.89. The van der Waals surface area contributed by atoms with Gasteiger partial charge in [-0.2, -0.15) is 0 Å². The van der Waals surface area contributed by atoms with Crippen molar-refractivity contribution in [2.45, 2.75) is 20.3 Å². The molecule has 1 aromatic carbocycles. The molecule has 1 aliphatic heterocycles. The largest absolute Gasteiger partial charge is 0.466 e. The Morgan fingerprint density at radius 2 is 2.26 bits per heavy atom. The van der Waals surface area contributed by atoms with E-state index in [2.05, 4.69) is 15.9 Å². The highest BCUT2D eigenvalue weighted by Crippen LogP contribution is 2.28. The van der Waals surface area contributed by atoms with E-state index in [4.69, 9.17) is 4.74 Å². The number of amides is 1. The highest BCUT2D eigenvalue weighted by molar-refractivity contribution is 9.10. The summed E-state index contributed by atoms with van der Waals surface area (Å²) in [7, 11) is 0. The Morgan fingerprint density at radius 1 is 1.53 bits per heavy atom. The van der Waals surface area contributed by atoms with Gasteiger partial charge in [0.15, 0.2) is 0 Å². The maximum atomic E-state index is 12.0. The maximum absolute atomic E-state index is 12.0. The maximum Gasteiger partial charge on any atom is 0.311 e. The molecule has 0 N–H and O–H groups in total. The average Bonchev–Trinajstić information content (AvgIpc) is 2.75. The third-order valence-electron chi connectivity index (χ3n) is 3.20. The lowest BCUT2D eigenvalue weighted by atomic mass is 10.1. The van der Waals surface area contributed by atoms with Gasteiger partial charge in [-0.1, -0.05) is 15.9 Å². The number of nitrogens with zero attached hydrogens (tertiary/aromatic N) is 1. The second-order valence-corrected chi connectivity index (χ2v) is 5.45. The van der Waals surface area contributed by atoms with Gasteiger partial charge < -0.3 is 9.64 Å². The summed E-state index contributed by atoms with van der Waals surface area (Å²) < 4.78 is 5.98. The third-order valence-corrected chi connectivity index (χ3v) is 4.09. The Bertz CT molecular complexity index is 515. The average molecular weight is 326 g/mol. The molecular weight excluding hydrogens is 310 g/mol. The fourth-order valence-electron chi connectivity index (χ4n) is 2.17. The van der Waals surface area contributed by atoms with Crippen molar-refractivity contribution in [1.29, 1.82) is 0 Å². The van der Waals surface area contributed by atoms with Gasteiger partial charge in [-0.15, -0.1) is 0 Å². The van der Waals surface area contributed by atoms with Crippen molar-refractivity contribution in [2.75, 3.05) is 18.1 Å². The molecule has 1 unspecified atom stereocenters. The molecule has 1 atom stereocenters. The van der Waals surface area contributed by atoms with E-state index in [9.17, 15) is 9.59 Å². The van der Waals surface area contributed by atoms with Crippen LogP contribution in [0.1, 0.15) is 18.9 Å². The van der Waals surface area contributed by atoms with Gasteiger partial charge in [0.1, 0.15) is 0 Å². The predicted octanol–water partition coefficient (Wildman–Crippen LogP) is 2.67. The third kappa shape index (κ3) is 2.97. The molecule has 1 amide bonds. The summed E-state index contributed by atoms with van der Waals surface area (Å²) in [4.78, 5) is 25.3. The van der Waals surface area contributed by atoms with Gasteiger partial charge in [-0.05, 0) is 37.6 Å². The topological polar surface area (TPSA) is 46.6 Å². The molecule has 0 spiro atoms. The molecule has 0 aromatic heterocycles. The van der Waals surface area contributed by atoms with Crippen LogP contribution in [0.25, 0.3) is 0 Å². The van der Waals surface area contributed by atoms with E-state index in [-0.39, 0.29) is 24.2 Å². The zero-order chi connectivity index (χ0) is 14.0. The monoisotopic (exact) mass is 325 g/mol. The van der Waals surface area contributed by atoms with Crippen molar-refractivity contribution >= 4 is 33.5 Å². The van der Waals surface area contributed by atoms with Crippen LogP contribution in [-0.2, 0) is 14.3 Å². The second-order valence-electron chi connectivity index (χ2n) is 4.59. The number of benzene rings is 1. The number of hydrogen-bond acceptors (Lipinski definition) is 3. The fourth-order valence-corrected chi connectivity index (χ4v) is 2.42. The number of ether oxygens (including phenoxy) is 1. The molecule has 2 rings (SSSR count). The van der Waals surface area contributed by atoms with Crippen molar-refractivity contribution in [3.63, 3.8) is 0 Å². The Hall–Kier alpha value is -1.36. The zero-order valence-corrected chi connectivity index (χ0v) is 12.6. The minimum Gasteiger partial charge on any atom is -0.466 e. The molecule has 0 bridgehead atoms. The van der Waals surface area contributed by atoms with Crippen LogP contribution in [0.3, 0.4) is 0 Å². The lowest BCUT2D eigenvalue weighted by Crippen LogP contribution is -2.26. The normalized spacial score (nSPS) is 18.8. The number of rotatable bonds is 3. The Balaban J connectivity index is 2.15. The molecule has 0 saturated carbocycles. The summed E-state index contributed by atoms with van der Waals surface area (Å²) in [6.45, 7) is 4.49. The van der Waals surface area contributed by atoms with Crippen LogP contribution >= 0.6 is 15.9 Å². The number of anilines is 1. The van der Waals surface area contributed by atoms with E-state index in [0.717, 1.165) is 15.7 Å². The molecule has 5 heteroatoms. The number of hydrogen-bond donors (Lipinski definition) is 0. The lowest BCUT2D eigenvalue weighted by molar-refractivity contribution is -0.147. The number of esters is 1. The predicted molar refractivity (Wildman–Crippen MR) is 76.0 cm³/mol. The number of aryl methyl sites for hydroxylation is 1. The molecule has 0 radical (unpaired) electrons. The molecule has 1 aliphatic rings. The van der Waals surface area contributed by atoms with Gasteiger partial charge in [-0.25, -0.2) is 0 Å². The Labute approximate surface area is 120 Å². The van der Waals surface area contributed by atoms with Crippen LogP contribution in [0.4, 0.5) is 5.69 Å². The quantitative estimate of drug-likeness (QED) is 0.803. The van der Waals surface area contributed by atoms with Crippen molar-refractivity contribution in [3.8, 4) is 0 Å². The SMILES string of the molecule is CCOC(=O)C1CC(=O)N(c2ccc(Br)c(C)c2)C1.